The summed E-state index contributed by atoms with van der Waals surface area (Å²) in [6.07, 6.45) is 1.06. The van der Waals surface area contributed by atoms with Crippen molar-refractivity contribution in [3.8, 4) is 5.75 Å². The first-order chi connectivity index (χ1) is 5.86. The molecule has 0 aromatic heterocycles. The van der Waals surface area contributed by atoms with Crippen LogP contribution >= 0.6 is 0 Å². The highest BCUT2D eigenvalue weighted by molar-refractivity contribution is 5.95. The van der Waals surface area contributed by atoms with Gasteiger partial charge in [0.05, 0.1) is 0 Å². The zero-order valence-electron chi connectivity index (χ0n) is 6.54. The van der Waals surface area contributed by atoms with Crippen LogP contribution in [0.2, 0.25) is 0 Å². The Morgan fingerprint density at radius 2 is 2.00 bits per heavy atom. The van der Waals surface area contributed by atoms with Crippen molar-refractivity contribution in [3.63, 3.8) is 0 Å². The smallest absolute Gasteiger partial charge is 0.123 e. The minimum Gasteiger partial charge on any atom is -0.507 e. The fraction of sp³-hybridized carbons (Fsp3) is 0.0909. The minimum absolute atomic E-state index is 0.418. The van der Waals surface area contributed by atoms with E-state index in [0.717, 1.165) is 17.2 Å². The summed E-state index contributed by atoms with van der Waals surface area (Å²) in [6, 6.07) is 9.87. The quantitative estimate of drug-likeness (QED) is 0.530. The molecule has 0 saturated heterocycles. The molecule has 2 aromatic carbocycles. The molecule has 12 heavy (non-hydrogen) atoms. The molecule has 0 aliphatic heterocycles. The number of hydrogen-bond donors (Lipinski definition) is 1. The molecule has 1 heteroatoms. The van der Waals surface area contributed by atoms with E-state index in [4.69, 9.17) is 0 Å². The molecule has 1 aliphatic rings. The van der Waals surface area contributed by atoms with Crippen LogP contribution in [-0.4, -0.2) is 5.11 Å². The number of hydrogen-bond acceptors (Lipinski definition) is 1. The Balaban J connectivity index is 2.57. The van der Waals surface area contributed by atoms with E-state index in [1.165, 1.54) is 11.1 Å². The number of benzene rings is 2. The van der Waals surface area contributed by atoms with E-state index in [0.29, 0.717) is 5.75 Å². The highest BCUT2D eigenvalue weighted by Crippen LogP contribution is 2.39. The van der Waals surface area contributed by atoms with Gasteiger partial charge in [-0.25, -0.2) is 0 Å². The molecule has 0 bridgehead atoms. The van der Waals surface area contributed by atoms with Crippen LogP contribution in [0.5, 0.6) is 5.75 Å². The lowest BCUT2D eigenvalue weighted by atomic mass is 10.1. The van der Waals surface area contributed by atoms with Crippen LogP contribution in [0, 0.1) is 0 Å². The fourth-order valence-electron chi connectivity index (χ4n) is 1.77. The molecule has 0 saturated carbocycles. The van der Waals surface area contributed by atoms with Gasteiger partial charge in [-0.15, -0.1) is 0 Å². The van der Waals surface area contributed by atoms with Crippen LogP contribution in [0.1, 0.15) is 11.1 Å². The van der Waals surface area contributed by atoms with E-state index in [9.17, 15) is 5.11 Å². The number of fused-ring (bicyclic) bond motifs is 3. The molecular formula is C11H8O. The lowest BCUT2D eigenvalue weighted by Gasteiger charge is -1.97. The van der Waals surface area contributed by atoms with Crippen molar-refractivity contribution in [1.82, 2.24) is 0 Å². The molecule has 0 unspecified atom stereocenters. The number of rotatable bonds is 0. The summed E-state index contributed by atoms with van der Waals surface area (Å²) in [5.74, 6) is 0.418. The summed E-state index contributed by atoms with van der Waals surface area (Å²) >= 11 is 0. The lowest BCUT2D eigenvalue weighted by Crippen LogP contribution is -1.71. The average Bonchev–Trinajstić information content (AvgIpc) is 2.82. The number of phenolic OH excluding ortho intramolecular Hbond substituents is 1. The molecule has 3 rings (SSSR count). The number of aromatic hydroxyl groups is 1. The summed E-state index contributed by atoms with van der Waals surface area (Å²) in [5.41, 5.74) is 2.70. The summed E-state index contributed by atoms with van der Waals surface area (Å²) in [6.45, 7) is 0. The Bertz CT molecular complexity index is 466. The summed E-state index contributed by atoms with van der Waals surface area (Å²) in [4.78, 5) is 0. The third-order valence-electron chi connectivity index (χ3n) is 2.47. The monoisotopic (exact) mass is 156 g/mol. The van der Waals surface area contributed by atoms with E-state index in [-0.39, 0.29) is 0 Å². The Morgan fingerprint density at radius 3 is 2.92 bits per heavy atom. The van der Waals surface area contributed by atoms with E-state index in [1.54, 1.807) is 6.07 Å². The van der Waals surface area contributed by atoms with Crippen molar-refractivity contribution in [2.75, 3.05) is 0 Å². The van der Waals surface area contributed by atoms with Gasteiger partial charge in [-0.05, 0) is 29.0 Å². The zero-order valence-corrected chi connectivity index (χ0v) is 6.54. The predicted octanol–water partition coefficient (Wildman–Crippen LogP) is 2.45. The third kappa shape index (κ3) is 0.632. The van der Waals surface area contributed by atoms with Crippen LogP contribution in [0.3, 0.4) is 0 Å². The van der Waals surface area contributed by atoms with Crippen molar-refractivity contribution >= 4 is 10.8 Å². The molecule has 0 radical (unpaired) electrons. The van der Waals surface area contributed by atoms with Gasteiger partial charge in [0.25, 0.3) is 0 Å². The normalized spacial score (nSPS) is 13.0. The van der Waals surface area contributed by atoms with Gasteiger partial charge in [0.1, 0.15) is 5.75 Å². The topological polar surface area (TPSA) is 20.2 Å². The van der Waals surface area contributed by atoms with Crippen molar-refractivity contribution in [1.29, 1.82) is 0 Å². The molecule has 1 aliphatic carbocycles. The zero-order chi connectivity index (χ0) is 8.13. The van der Waals surface area contributed by atoms with Gasteiger partial charge in [-0.1, -0.05) is 24.3 Å². The first-order valence-electron chi connectivity index (χ1n) is 4.09. The first kappa shape index (κ1) is 6.06. The Morgan fingerprint density at radius 1 is 1.08 bits per heavy atom. The average molecular weight is 156 g/mol. The van der Waals surface area contributed by atoms with Gasteiger partial charge in [-0.3, -0.25) is 0 Å². The fourth-order valence-corrected chi connectivity index (χ4v) is 1.77. The second-order valence-corrected chi connectivity index (χ2v) is 3.26. The molecule has 2 aromatic rings. The molecule has 1 N–H and O–H groups in total. The standard InChI is InChI=1S/C11H8O/c12-10-3-1-2-7-4-5-8-6-9(8)11(7)10/h1-5,12H,6H2. The van der Waals surface area contributed by atoms with Crippen LogP contribution in [0.15, 0.2) is 30.3 Å². The molecular weight excluding hydrogens is 148 g/mol. The maximum atomic E-state index is 9.59. The van der Waals surface area contributed by atoms with Gasteiger partial charge in [0.2, 0.25) is 0 Å². The molecule has 58 valence electrons. The second-order valence-electron chi connectivity index (χ2n) is 3.26. The molecule has 0 heterocycles. The van der Waals surface area contributed by atoms with Crippen LogP contribution in [0.4, 0.5) is 0 Å². The van der Waals surface area contributed by atoms with Crippen LogP contribution < -0.4 is 0 Å². The second kappa shape index (κ2) is 1.81. The van der Waals surface area contributed by atoms with Crippen molar-refractivity contribution in [2.45, 2.75) is 6.42 Å². The Labute approximate surface area is 70.3 Å². The van der Waals surface area contributed by atoms with Gasteiger partial charge < -0.3 is 5.11 Å². The van der Waals surface area contributed by atoms with E-state index < -0.39 is 0 Å². The summed E-state index contributed by atoms with van der Waals surface area (Å²) < 4.78 is 0. The summed E-state index contributed by atoms with van der Waals surface area (Å²) in [5, 5.41) is 11.8. The van der Waals surface area contributed by atoms with E-state index >= 15 is 0 Å². The van der Waals surface area contributed by atoms with Gasteiger partial charge >= 0.3 is 0 Å². The Kier molecular flexibility index (Phi) is 0.912. The third-order valence-corrected chi connectivity index (χ3v) is 2.47. The molecule has 0 fully saturated rings. The van der Waals surface area contributed by atoms with Gasteiger partial charge in [0, 0.05) is 5.39 Å². The van der Waals surface area contributed by atoms with Crippen molar-refractivity contribution < 1.29 is 5.11 Å². The highest BCUT2D eigenvalue weighted by Gasteiger charge is 2.20. The van der Waals surface area contributed by atoms with Gasteiger partial charge in [0.15, 0.2) is 0 Å². The number of phenols is 1. The lowest BCUT2D eigenvalue weighted by molar-refractivity contribution is 0.481. The maximum Gasteiger partial charge on any atom is 0.123 e. The maximum absolute atomic E-state index is 9.59. The van der Waals surface area contributed by atoms with Crippen LogP contribution in [-0.2, 0) is 6.42 Å². The van der Waals surface area contributed by atoms with E-state index in [1.807, 2.05) is 12.1 Å². The molecule has 0 atom stereocenters. The minimum atomic E-state index is 0.418. The largest absolute Gasteiger partial charge is 0.507 e. The SMILES string of the molecule is Oc1cccc2ccc3c(c12)C3. The molecule has 1 nitrogen and oxygen atoms in total. The molecule has 0 spiro atoms. The summed E-state index contributed by atoms with van der Waals surface area (Å²) in [7, 11) is 0. The highest BCUT2D eigenvalue weighted by atomic mass is 16.3. The van der Waals surface area contributed by atoms with Gasteiger partial charge in [-0.2, -0.15) is 0 Å². The Hall–Kier alpha value is -1.50. The first-order valence-corrected chi connectivity index (χ1v) is 4.09. The van der Waals surface area contributed by atoms with Crippen LogP contribution in [0.25, 0.3) is 10.8 Å². The van der Waals surface area contributed by atoms with Crippen molar-refractivity contribution in [3.05, 3.63) is 41.5 Å². The predicted molar refractivity (Wildman–Crippen MR) is 48.4 cm³/mol. The molecule has 0 amide bonds. The van der Waals surface area contributed by atoms with Crippen molar-refractivity contribution in [2.24, 2.45) is 0 Å². The van der Waals surface area contributed by atoms with E-state index in [2.05, 4.69) is 12.1 Å².